The number of rotatable bonds is 5. The first-order valence-electron chi connectivity index (χ1n) is 5.57. The number of oxime groups is 1. The maximum absolute atomic E-state index is 8.78. The molecule has 2 rings (SSSR count). The Kier molecular flexibility index (Phi) is 3.41. The van der Waals surface area contributed by atoms with Gasteiger partial charge in [-0.05, 0) is 18.4 Å². The quantitative estimate of drug-likeness (QED) is 0.302. The van der Waals surface area contributed by atoms with Crippen LogP contribution in [0.4, 0.5) is 0 Å². The second kappa shape index (κ2) is 4.99. The number of hydrogen-bond donors (Lipinski definition) is 3. The van der Waals surface area contributed by atoms with Crippen LogP contribution < -0.4 is 11.1 Å². The summed E-state index contributed by atoms with van der Waals surface area (Å²) in [5, 5.41) is 15.3. The topological polar surface area (TPSA) is 70.6 Å². The second-order valence-electron chi connectivity index (χ2n) is 4.17. The van der Waals surface area contributed by atoms with Crippen LogP contribution in [-0.4, -0.2) is 23.6 Å². The van der Waals surface area contributed by atoms with E-state index in [1.807, 2.05) is 30.3 Å². The molecule has 4 nitrogen and oxygen atoms in total. The molecule has 1 aromatic rings. The van der Waals surface area contributed by atoms with Gasteiger partial charge in [-0.2, -0.15) is 0 Å². The Hall–Kier alpha value is -1.55. The van der Waals surface area contributed by atoms with Gasteiger partial charge in [-0.15, -0.1) is 0 Å². The highest BCUT2D eigenvalue weighted by Gasteiger charge is 2.24. The zero-order valence-corrected chi connectivity index (χ0v) is 9.13. The zero-order chi connectivity index (χ0) is 11.4. The molecule has 0 aromatic heterocycles. The van der Waals surface area contributed by atoms with E-state index < -0.39 is 0 Å². The SMILES string of the molecule is NC(=NO)C(CNC1CC1)c1ccccc1. The largest absolute Gasteiger partial charge is 0.409 e. The van der Waals surface area contributed by atoms with Crippen LogP contribution in [0.25, 0.3) is 0 Å². The maximum Gasteiger partial charge on any atom is 0.147 e. The summed E-state index contributed by atoms with van der Waals surface area (Å²) in [6, 6.07) is 10.5. The van der Waals surface area contributed by atoms with Gasteiger partial charge in [0.2, 0.25) is 0 Å². The lowest BCUT2D eigenvalue weighted by Gasteiger charge is -2.16. The number of hydrogen-bond acceptors (Lipinski definition) is 3. The van der Waals surface area contributed by atoms with Crippen LogP contribution >= 0.6 is 0 Å². The van der Waals surface area contributed by atoms with Gasteiger partial charge in [-0.1, -0.05) is 35.5 Å². The van der Waals surface area contributed by atoms with Crippen molar-refractivity contribution in [2.45, 2.75) is 24.8 Å². The lowest BCUT2D eigenvalue weighted by molar-refractivity contribution is 0.315. The average Bonchev–Trinajstić information content (AvgIpc) is 3.14. The van der Waals surface area contributed by atoms with E-state index in [0.717, 1.165) is 12.1 Å². The minimum absolute atomic E-state index is 0.0493. The molecule has 0 radical (unpaired) electrons. The lowest BCUT2D eigenvalue weighted by atomic mass is 9.98. The lowest BCUT2D eigenvalue weighted by Crippen LogP contribution is -2.32. The zero-order valence-electron chi connectivity index (χ0n) is 9.13. The van der Waals surface area contributed by atoms with Crippen LogP contribution in [0.15, 0.2) is 35.5 Å². The first-order valence-corrected chi connectivity index (χ1v) is 5.57. The molecule has 1 aliphatic rings. The molecule has 0 heterocycles. The summed E-state index contributed by atoms with van der Waals surface area (Å²) in [4.78, 5) is 0. The minimum Gasteiger partial charge on any atom is -0.409 e. The number of nitrogens with one attached hydrogen (secondary N) is 1. The number of nitrogens with two attached hydrogens (primary N) is 1. The van der Waals surface area contributed by atoms with Gasteiger partial charge < -0.3 is 16.3 Å². The molecule has 1 aliphatic carbocycles. The third-order valence-corrected chi connectivity index (χ3v) is 2.86. The van der Waals surface area contributed by atoms with Crippen molar-refractivity contribution < 1.29 is 5.21 Å². The summed E-state index contributed by atoms with van der Waals surface area (Å²) in [5.41, 5.74) is 6.79. The highest BCUT2D eigenvalue weighted by molar-refractivity contribution is 5.87. The molecular formula is C12H17N3O. The Balaban J connectivity index is 2.07. The molecule has 1 aromatic carbocycles. The summed E-state index contributed by atoms with van der Waals surface area (Å²) >= 11 is 0. The number of nitrogens with zero attached hydrogens (tertiary/aromatic N) is 1. The molecule has 0 amide bonds. The predicted molar refractivity (Wildman–Crippen MR) is 63.6 cm³/mol. The summed E-state index contributed by atoms with van der Waals surface area (Å²) in [5.74, 6) is 0.214. The third kappa shape index (κ3) is 2.73. The van der Waals surface area contributed by atoms with E-state index in [2.05, 4.69) is 10.5 Å². The molecule has 0 bridgehead atoms. The predicted octanol–water partition coefficient (Wildman–Crippen LogP) is 1.27. The van der Waals surface area contributed by atoms with Crippen molar-refractivity contribution in [2.24, 2.45) is 10.9 Å². The standard InChI is InChI=1S/C12H17N3O/c13-12(15-16)11(8-14-10-6-7-10)9-4-2-1-3-5-9/h1-5,10-11,14,16H,6-8H2,(H2,13,15). The molecule has 4 N–H and O–H groups in total. The molecule has 1 fully saturated rings. The molecule has 86 valence electrons. The average molecular weight is 219 g/mol. The maximum atomic E-state index is 8.78. The van der Waals surface area contributed by atoms with Crippen molar-refractivity contribution in [2.75, 3.05) is 6.54 Å². The molecule has 0 aliphatic heterocycles. The fraction of sp³-hybridized carbons (Fsp3) is 0.417. The van der Waals surface area contributed by atoms with E-state index in [4.69, 9.17) is 10.9 Å². The molecule has 1 atom stereocenters. The van der Waals surface area contributed by atoms with E-state index in [-0.39, 0.29) is 11.8 Å². The Morgan fingerprint density at radius 3 is 2.69 bits per heavy atom. The Morgan fingerprint density at radius 1 is 1.44 bits per heavy atom. The Morgan fingerprint density at radius 2 is 2.12 bits per heavy atom. The summed E-state index contributed by atoms with van der Waals surface area (Å²) < 4.78 is 0. The highest BCUT2D eigenvalue weighted by atomic mass is 16.4. The molecule has 4 heteroatoms. The fourth-order valence-corrected chi connectivity index (χ4v) is 1.72. The van der Waals surface area contributed by atoms with Gasteiger partial charge >= 0.3 is 0 Å². The monoisotopic (exact) mass is 219 g/mol. The van der Waals surface area contributed by atoms with Crippen molar-refractivity contribution in [3.05, 3.63) is 35.9 Å². The summed E-state index contributed by atoms with van der Waals surface area (Å²) in [6.07, 6.45) is 2.47. The molecule has 1 saturated carbocycles. The van der Waals surface area contributed by atoms with Gasteiger partial charge in [0.05, 0.1) is 5.92 Å². The smallest absolute Gasteiger partial charge is 0.147 e. The van der Waals surface area contributed by atoms with E-state index in [1.54, 1.807) is 0 Å². The van der Waals surface area contributed by atoms with Crippen molar-refractivity contribution in [3.8, 4) is 0 Å². The normalized spacial score (nSPS) is 18.4. The van der Waals surface area contributed by atoms with Gasteiger partial charge in [-0.3, -0.25) is 0 Å². The molecule has 0 spiro atoms. The number of amidine groups is 1. The molecule has 16 heavy (non-hydrogen) atoms. The Labute approximate surface area is 95.1 Å². The van der Waals surface area contributed by atoms with Gasteiger partial charge in [0.1, 0.15) is 5.84 Å². The van der Waals surface area contributed by atoms with Gasteiger partial charge in [0, 0.05) is 12.6 Å². The van der Waals surface area contributed by atoms with Gasteiger partial charge in [0.15, 0.2) is 0 Å². The van der Waals surface area contributed by atoms with E-state index >= 15 is 0 Å². The van der Waals surface area contributed by atoms with Gasteiger partial charge in [0.25, 0.3) is 0 Å². The second-order valence-corrected chi connectivity index (χ2v) is 4.17. The highest BCUT2D eigenvalue weighted by Crippen LogP contribution is 2.21. The van der Waals surface area contributed by atoms with E-state index in [1.165, 1.54) is 12.8 Å². The van der Waals surface area contributed by atoms with Crippen LogP contribution in [0.5, 0.6) is 0 Å². The summed E-state index contributed by atoms with van der Waals surface area (Å²) in [7, 11) is 0. The van der Waals surface area contributed by atoms with E-state index in [0.29, 0.717) is 6.04 Å². The Bertz CT molecular complexity index is 360. The van der Waals surface area contributed by atoms with Crippen molar-refractivity contribution in [3.63, 3.8) is 0 Å². The van der Waals surface area contributed by atoms with Gasteiger partial charge in [-0.25, -0.2) is 0 Å². The van der Waals surface area contributed by atoms with Crippen molar-refractivity contribution >= 4 is 5.84 Å². The van der Waals surface area contributed by atoms with Crippen LogP contribution in [0, 0.1) is 0 Å². The molecule has 1 unspecified atom stereocenters. The minimum atomic E-state index is -0.0493. The first kappa shape index (κ1) is 11.0. The van der Waals surface area contributed by atoms with Crippen LogP contribution in [0.3, 0.4) is 0 Å². The molecular weight excluding hydrogens is 202 g/mol. The number of benzene rings is 1. The first-order chi connectivity index (χ1) is 7.81. The van der Waals surface area contributed by atoms with Crippen LogP contribution in [0.1, 0.15) is 24.3 Å². The summed E-state index contributed by atoms with van der Waals surface area (Å²) in [6.45, 7) is 0.727. The van der Waals surface area contributed by atoms with Crippen molar-refractivity contribution in [1.82, 2.24) is 5.32 Å². The van der Waals surface area contributed by atoms with Crippen LogP contribution in [0.2, 0.25) is 0 Å². The molecule has 0 saturated heterocycles. The third-order valence-electron chi connectivity index (χ3n) is 2.86. The fourth-order valence-electron chi connectivity index (χ4n) is 1.72. The van der Waals surface area contributed by atoms with Crippen LogP contribution in [-0.2, 0) is 0 Å². The van der Waals surface area contributed by atoms with Crippen molar-refractivity contribution in [1.29, 1.82) is 0 Å². The van der Waals surface area contributed by atoms with E-state index in [9.17, 15) is 0 Å².